The number of carbonyl (C=O) groups is 1. The Morgan fingerprint density at radius 3 is 1.23 bits per heavy atom. The summed E-state index contributed by atoms with van der Waals surface area (Å²) in [7, 11) is -5.06. The van der Waals surface area contributed by atoms with Crippen molar-refractivity contribution in [2.75, 3.05) is 26.4 Å². The second-order valence-electron chi connectivity index (χ2n) is 19.2. The molecule has 0 aromatic carbocycles. The Bertz CT molecular complexity index is 1140. The zero-order valence-corrected chi connectivity index (χ0v) is 42.6. The van der Waals surface area contributed by atoms with Gasteiger partial charge in [0.2, 0.25) is 0 Å². The van der Waals surface area contributed by atoms with Gasteiger partial charge in [-0.2, -0.15) is 8.42 Å². The third-order valence-corrected chi connectivity index (χ3v) is 13.4. The largest absolute Gasteiger partial charge is 0.457 e. The van der Waals surface area contributed by atoms with E-state index in [0.29, 0.717) is 13.0 Å². The fourth-order valence-corrected chi connectivity index (χ4v) is 9.36. The summed E-state index contributed by atoms with van der Waals surface area (Å²) < 4.78 is 59.3. The van der Waals surface area contributed by atoms with Gasteiger partial charge in [0.1, 0.15) is 30.5 Å². The fraction of sp³-hybridized carbons (Fsp3) is 0.981. The topological polar surface area (TPSA) is 178 Å². The molecule has 13 heteroatoms. The fourth-order valence-electron chi connectivity index (χ4n) is 8.85. The van der Waals surface area contributed by atoms with Gasteiger partial charge in [-0.15, -0.1) is 0 Å². The monoisotopic (exact) mass is 951 g/mol. The molecule has 388 valence electrons. The van der Waals surface area contributed by atoms with Crippen molar-refractivity contribution in [3.05, 3.63) is 0 Å². The number of rotatable bonds is 49. The summed E-state index contributed by atoms with van der Waals surface area (Å²) in [4.78, 5) is 12.9. The minimum atomic E-state index is -5.06. The van der Waals surface area contributed by atoms with Gasteiger partial charge >= 0.3 is 16.4 Å². The van der Waals surface area contributed by atoms with E-state index in [9.17, 15) is 33.1 Å². The molecule has 0 aliphatic carbocycles. The lowest BCUT2D eigenvalue weighted by Crippen LogP contribution is -2.60. The lowest BCUT2D eigenvalue weighted by Gasteiger charge is -2.41. The molecule has 0 saturated carbocycles. The van der Waals surface area contributed by atoms with Crippen molar-refractivity contribution in [1.29, 1.82) is 0 Å². The average Bonchev–Trinajstić information content (AvgIpc) is 3.28. The molecule has 1 aliphatic rings. The zero-order valence-electron chi connectivity index (χ0n) is 41.8. The Labute approximate surface area is 398 Å². The van der Waals surface area contributed by atoms with Crippen molar-refractivity contribution < 1.29 is 56.2 Å². The Morgan fingerprint density at radius 2 is 0.877 bits per heavy atom. The Morgan fingerprint density at radius 1 is 0.523 bits per heavy atom. The molecule has 0 radical (unpaired) electrons. The first-order valence-electron chi connectivity index (χ1n) is 27.3. The highest BCUT2D eigenvalue weighted by Gasteiger charge is 2.48. The molecular weight excluding hydrogens is 849 g/mol. The van der Waals surface area contributed by atoms with E-state index in [-0.39, 0.29) is 25.6 Å². The van der Waals surface area contributed by atoms with Crippen molar-refractivity contribution in [3.8, 4) is 0 Å². The molecule has 1 rings (SSSR count). The molecule has 0 aromatic heterocycles. The summed E-state index contributed by atoms with van der Waals surface area (Å²) >= 11 is 0. The van der Waals surface area contributed by atoms with Gasteiger partial charge < -0.3 is 34.3 Å². The Kier molecular flexibility index (Phi) is 42.4. The van der Waals surface area contributed by atoms with Crippen LogP contribution in [0.1, 0.15) is 264 Å². The van der Waals surface area contributed by atoms with Gasteiger partial charge in [-0.3, -0.25) is 9.35 Å². The summed E-state index contributed by atoms with van der Waals surface area (Å²) in [6.45, 7) is 4.07. The molecule has 0 spiro atoms. The van der Waals surface area contributed by atoms with Gasteiger partial charge in [-0.25, -0.2) is 4.18 Å². The van der Waals surface area contributed by atoms with Crippen molar-refractivity contribution in [2.45, 2.75) is 301 Å². The van der Waals surface area contributed by atoms with Gasteiger partial charge in [0.25, 0.3) is 0 Å². The minimum Gasteiger partial charge on any atom is -0.457 e. The zero-order chi connectivity index (χ0) is 47.5. The maximum absolute atomic E-state index is 12.9. The van der Waals surface area contributed by atoms with Crippen LogP contribution in [0.15, 0.2) is 0 Å². The highest BCUT2D eigenvalue weighted by Crippen LogP contribution is 2.26. The van der Waals surface area contributed by atoms with E-state index in [4.69, 9.17) is 18.9 Å². The second-order valence-corrected chi connectivity index (χ2v) is 20.2. The van der Waals surface area contributed by atoms with Crippen LogP contribution < -0.4 is 0 Å². The highest BCUT2D eigenvalue weighted by molar-refractivity contribution is 7.80. The standard InChI is InChI=1S/C52H102O12S/c1-3-5-7-9-11-13-15-17-19-21-22-23-24-25-27-29-31-33-35-37-39-41-48(54)62-46(45-61-52-50(56)51(64-65(57,58)59)49(55)47(43-53)63-52)44-60-42-40-38-36-34-32-30-28-26-20-18-16-14-12-10-8-6-4-2/h46-47,49-53,55-56H,3-45H2,1-2H3,(H,57,58,59). The molecule has 0 aromatic rings. The maximum atomic E-state index is 12.9. The van der Waals surface area contributed by atoms with Crippen molar-refractivity contribution >= 4 is 16.4 Å². The van der Waals surface area contributed by atoms with Crippen LogP contribution in [0.5, 0.6) is 0 Å². The average molecular weight is 951 g/mol. The number of esters is 1. The van der Waals surface area contributed by atoms with Crippen LogP contribution in [0.3, 0.4) is 0 Å². The molecule has 0 amide bonds. The number of carbonyl (C=O) groups excluding carboxylic acids is 1. The lowest BCUT2D eigenvalue weighted by atomic mass is 9.99. The Hall–Kier alpha value is -0.900. The molecule has 6 atom stereocenters. The van der Waals surface area contributed by atoms with E-state index in [1.165, 1.54) is 199 Å². The van der Waals surface area contributed by atoms with E-state index in [1.807, 2.05) is 0 Å². The number of aliphatic hydroxyl groups is 3. The first kappa shape index (κ1) is 62.1. The van der Waals surface area contributed by atoms with Crippen LogP contribution in [0.2, 0.25) is 0 Å². The molecule has 12 nitrogen and oxygen atoms in total. The summed E-state index contributed by atoms with van der Waals surface area (Å²) in [6, 6.07) is 0. The summed E-state index contributed by atoms with van der Waals surface area (Å²) in [6.07, 6.45) is 39.9. The summed E-state index contributed by atoms with van der Waals surface area (Å²) in [5.41, 5.74) is 0. The SMILES string of the molecule is CCCCCCCCCCCCCCCCCCCCCCCC(=O)OC(COCCCCCCCCCCCCCCCCCCC)COC1OC(CO)C(O)C(OS(=O)(=O)O)C1O. The van der Waals surface area contributed by atoms with Gasteiger partial charge in [0, 0.05) is 13.0 Å². The van der Waals surface area contributed by atoms with Crippen LogP contribution in [-0.2, 0) is 38.3 Å². The smallest absolute Gasteiger partial charge is 0.397 e. The molecule has 1 fully saturated rings. The predicted octanol–water partition coefficient (Wildman–Crippen LogP) is 12.8. The van der Waals surface area contributed by atoms with E-state index >= 15 is 0 Å². The third-order valence-electron chi connectivity index (χ3n) is 13.0. The van der Waals surface area contributed by atoms with E-state index < -0.39 is 53.8 Å². The van der Waals surface area contributed by atoms with Crippen LogP contribution in [-0.4, -0.2) is 97.5 Å². The molecule has 1 saturated heterocycles. The summed E-state index contributed by atoms with van der Waals surface area (Å²) in [5.74, 6) is -0.390. The number of aliphatic hydroxyl groups excluding tert-OH is 3. The summed E-state index contributed by atoms with van der Waals surface area (Å²) in [5, 5.41) is 30.8. The van der Waals surface area contributed by atoms with Crippen LogP contribution in [0.25, 0.3) is 0 Å². The molecule has 65 heavy (non-hydrogen) atoms. The molecule has 1 heterocycles. The normalized spacial score (nSPS) is 19.5. The quantitative estimate of drug-likeness (QED) is 0.0258. The molecule has 4 N–H and O–H groups in total. The van der Waals surface area contributed by atoms with Crippen LogP contribution >= 0.6 is 0 Å². The predicted molar refractivity (Wildman–Crippen MR) is 262 cm³/mol. The maximum Gasteiger partial charge on any atom is 0.397 e. The van der Waals surface area contributed by atoms with Crippen LogP contribution in [0.4, 0.5) is 0 Å². The minimum absolute atomic E-state index is 0.0454. The first-order valence-corrected chi connectivity index (χ1v) is 28.7. The molecule has 0 bridgehead atoms. The Balaban J connectivity index is 2.31. The van der Waals surface area contributed by atoms with Gasteiger partial charge in [-0.05, 0) is 12.8 Å². The van der Waals surface area contributed by atoms with Crippen molar-refractivity contribution in [2.24, 2.45) is 0 Å². The van der Waals surface area contributed by atoms with E-state index in [0.717, 1.165) is 38.5 Å². The second kappa shape index (κ2) is 44.3. The number of hydrogen-bond donors (Lipinski definition) is 4. The van der Waals surface area contributed by atoms with Crippen molar-refractivity contribution in [1.82, 2.24) is 0 Å². The highest BCUT2D eigenvalue weighted by atomic mass is 32.3. The van der Waals surface area contributed by atoms with E-state index in [2.05, 4.69) is 18.0 Å². The first-order chi connectivity index (χ1) is 31.6. The van der Waals surface area contributed by atoms with Crippen LogP contribution in [0, 0.1) is 0 Å². The molecule has 1 aliphatic heterocycles. The van der Waals surface area contributed by atoms with Crippen molar-refractivity contribution in [3.63, 3.8) is 0 Å². The molecular formula is C52H102O12S. The number of hydrogen-bond acceptors (Lipinski definition) is 11. The van der Waals surface area contributed by atoms with Gasteiger partial charge in [0.05, 0.1) is 19.8 Å². The van der Waals surface area contributed by atoms with E-state index in [1.54, 1.807) is 0 Å². The van der Waals surface area contributed by atoms with Gasteiger partial charge in [-0.1, -0.05) is 245 Å². The number of unbranched alkanes of at least 4 members (excludes halogenated alkanes) is 36. The third kappa shape index (κ3) is 37.6. The van der Waals surface area contributed by atoms with Gasteiger partial charge in [0.15, 0.2) is 6.29 Å². The number of ether oxygens (including phenoxy) is 4. The lowest BCUT2D eigenvalue weighted by molar-refractivity contribution is -0.301. The molecule has 6 unspecified atom stereocenters.